The predicted octanol–water partition coefficient (Wildman–Crippen LogP) is -0.169. The number of carboxylic acid groups (broad SMARTS) is 2. The van der Waals surface area contributed by atoms with Gasteiger partial charge in [-0.15, -0.1) is 0 Å². The molecule has 0 radical (unpaired) electrons. The first kappa shape index (κ1) is 9.44. The Bertz CT molecular complexity index is 456. The third kappa shape index (κ3) is 1.05. The van der Waals surface area contributed by atoms with Gasteiger partial charge in [-0.1, -0.05) is 5.11 Å². The van der Waals surface area contributed by atoms with Crippen LogP contribution >= 0.6 is 0 Å². The van der Waals surface area contributed by atoms with Crippen molar-refractivity contribution in [3.63, 3.8) is 0 Å². The molecule has 0 aromatic heterocycles. The van der Waals surface area contributed by atoms with Gasteiger partial charge < -0.3 is 15.3 Å². The molecule has 16 heavy (non-hydrogen) atoms. The maximum Gasteiger partial charge on any atom is 0.318 e. The molecule has 2 saturated carbocycles. The summed E-state index contributed by atoms with van der Waals surface area (Å²) in [6.07, 6.45) is -2.79. The number of carbonyl (C=O) groups is 2. The standard InChI is InChI=1S/C8H9N3O5/c9-11-10-8(7(15)16)3(12)1-2-4(5(2)8)6(13)14/h2-5,12H,1H2,(H,13,14)(H,15,16)/t2-,3+,4-,5-,8-/m0/s1/i3D. The fraction of sp³-hybridized carbons (Fsp3) is 0.750. The highest BCUT2D eigenvalue weighted by Gasteiger charge is 2.75. The van der Waals surface area contributed by atoms with Crippen molar-refractivity contribution >= 4 is 11.9 Å². The third-order valence-electron chi connectivity index (χ3n) is 3.33. The molecule has 0 amide bonds. The van der Waals surface area contributed by atoms with Crippen LogP contribution in [0.5, 0.6) is 0 Å². The normalized spacial score (nSPS) is 49.8. The van der Waals surface area contributed by atoms with Gasteiger partial charge in [-0.3, -0.25) is 9.59 Å². The smallest absolute Gasteiger partial charge is 0.318 e. The summed E-state index contributed by atoms with van der Waals surface area (Å²) in [6.45, 7) is 0. The van der Waals surface area contributed by atoms with Crippen molar-refractivity contribution in [2.75, 3.05) is 0 Å². The highest BCUT2D eigenvalue weighted by atomic mass is 16.4. The fourth-order valence-electron chi connectivity index (χ4n) is 2.61. The number of carboxylic acids is 2. The van der Waals surface area contributed by atoms with Crippen LogP contribution in [0.15, 0.2) is 5.11 Å². The van der Waals surface area contributed by atoms with Gasteiger partial charge in [-0.25, -0.2) is 0 Å². The molecule has 2 aliphatic rings. The molecule has 8 heteroatoms. The lowest BCUT2D eigenvalue weighted by Gasteiger charge is -2.25. The highest BCUT2D eigenvalue weighted by Crippen LogP contribution is 2.63. The van der Waals surface area contributed by atoms with E-state index < -0.39 is 41.3 Å². The van der Waals surface area contributed by atoms with Crippen molar-refractivity contribution in [2.45, 2.75) is 18.0 Å². The third-order valence-corrected chi connectivity index (χ3v) is 3.33. The van der Waals surface area contributed by atoms with Crippen LogP contribution in [0.25, 0.3) is 10.4 Å². The van der Waals surface area contributed by atoms with E-state index in [0.717, 1.165) is 0 Å². The zero-order chi connectivity index (χ0) is 13.0. The summed E-state index contributed by atoms with van der Waals surface area (Å²) in [4.78, 5) is 24.4. The Morgan fingerprint density at radius 2 is 2.19 bits per heavy atom. The second-order valence-electron chi connectivity index (χ2n) is 3.97. The topological polar surface area (TPSA) is 144 Å². The molecule has 2 aliphatic carbocycles. The van der Waals surface area contributed by atoms with Crippen molar-refractivity contribution in [3.8, 4) is 0 Å². The summed E-state index contributed by atoms with van der Waals surface area (Å²) in [5.41, 5.74) is 5.98. The van der Waals surface area contributed by atoms with Crippen molar-refractivity contribution in [1.29, 1.82) is 0 Å². The number of aliphatic hydroxyl groups is 1. The van der Waals surface area contributed by atoms with Crippen LogP contribution in [0, 0.1) is 17.8 Å². The molecule has 0 heterocycles. The first-order chi connectivity index (χ1) is 7.79. The number of rotatable bonds is 3. The van der Waals surface area contributed by atoms with Gasteiger partial charge in [0.1, 0.15) is 0 Å². The van der Waals surface area contributed by atoms with E-state index in [9.17, 15) is 14.7 Å². The summed E-state index contributed by atoms with van der Waals surface area (Å²) in [5.74, 6) is -5.48. The SMILES string of the molecule is [2H][C@@]1(O)C[C@H]2[C@H](C(=O)O)[C@H]2[C@]1(N=[N+]=[N-])C(=O)O. The zero-order valence-electron chi connectivity index (χ0n) is 8.94. The monoisotopic (exact) mass is 228 g/mol. The summed E-state index contributed by atoms with van der Waals surface area (Å²) < 4.78 is 7.53. The van der Waals surface area contributed by atoms with Gasteiger partial charge >= 0.3 is 11.9 Å². The highest BCUT2D eigenvalue weighted by molar-refractivity contribution is 5.86. The number of hydrogen-bond acceptors (Lipinski definition) is 4. The fourth-order valence-corrected chi connectivity index (χ4v) is 2.61. The predicted molar refractivity (Wildman–Crippen MR) is 48.2 cm³/mol. The molecule has 0 saturated heterocycles. The number of azide groups is 1. The Morgan fingerprint density at radius 1 is 1.56 bits per heavy atom. The molecule has 5 atom stereocenters. The molecule has 0 spiro atoms. The number of hydrogen-bond donors (Lipinski definition) is 3. The van der Waals surface area contributed by atoms with Crippen molar-refractivity contribution < 1.29 is 26.3 Å². The van der Waals surface area contributed by atoms with Gasteiger partial charge in [0.05, 0.1) is 13.4 Å². The average molecular weight is 228 g/mol. The van der Waals surface area contributed by atoms with Crippen LogP contribution in [0.3, 0.4) is 0 Å². The maximum absolute atomic E-state index is 11.2. The van der Waals surface area contributed by atoms with Crippen LogP contribution in [-0.4, -0.2) is 38.9 Å². The summed E-state index contributed by atoms with van der Waals surface area (Å²) in [6, 6.07) is 0. The molecule has 0 aromatic carbocycles. The van der Waals surface area contributed by atoms with Crippen molar-refractivity contribution in [2.24, 2.45) is 22.9 Å². The molecule has 2 rings (SSSR count). The minimum Gasteiger partial charge on any atom is -0.481 e. The zero-order valence-corrected chi connectivity index (χ0v) is 7.94. The molecule has 0 unspecified atom stereocenters. The van der Waals surface area contributed by atoms with E-state index >= 15 is 0 Å². The summed E-state index contributed by atoms with van der Waals surface area (Å²) in [7, 11) is 0. The van der Waals surface area contributed by atoms with Gasteiger partial charge in [0.2, 0.25) is 0 Å². The molecular formula is C8H9N3O5. The maximum atomic E-state index is 11.2. The van der Waals surface area contributed by atoms with E-state index in [-0.39, 0.29) is 6.42 Å². The van der Waals surface area contributed by atoms with Crippen LogP contribution in [0.4, 0.5) is 0 Å². The number of nitrogens with zero attached hydrogens (tertiary/aromatic N) is 3. The molecule has 3 N–H and O–H groups in total. The van der Waals surface area contributed by atoms with Crippen LogP contribution in [-0.2, 0) is 9.59 Å². The van der Waals surface area contributed by atoms with Crippen molar-refractivity contribution in [3.05, 3.63) is 10.4 Å². The van der Waals surface area contributed by atoms with Crippen LogP contribution in [0.1, 0.15) is 7.79 Å². The lowest BCUT2D eigenvalue weighted by molar-refractivity contribution is -0.149. The molecule has 2 fully saturated rings. The number of fused-ring (bicyclic) bond motifs is 1. The molecule has 0 aromatic rings. The Hall–Kier alpha value is -1.79. The van der Waals surface area contributed by atoms with E-state index in [1.54, 1.807) is 0 Å². The van der Waals surface area contributed by atoms with E-state index in [1.165, 1.54) is 0 Å². The molecular weight excluding hydrogens is 218 g/mol. The van der Waals surface area contributed by atoms with E-state index in [2.05, 4.69) is 10.0 Å². The second-order valence-corrected chi connectivity index (χ2v) is 3.97. The molecule has 8 nitrogen and oxygen atoms in total. The Morgan fingerprint density at radius 3 is 2.62 bits per heavy atom. The average Bonchev–Trinajstić information content (AvgIpc) is 2.80. The van der Waals surface area contributed by atoms with Gasteiger partial charge in [0.15, 0.2) is 5.54 Å². The van der Waals surface area contributed by atoms with Gasteiger partial charge in [0, 0.05) is 10.8 Å². The molecule has 86 valence electrons. The lowest BCUT2D eigenvalue weighted by Crippen LogP contribution is -2.48. The molecule has 0 bridgehead atoms. The summed E-state index contributed by atoms with van der Waals surface area (Å²) in [5, 5.41) is 30.7. The minimum absolute atomic E-state index is 0.319. The van der Waals surface area contributed by atoms with E-state index in [0.29, 0.717) is 0 Å². The second kappa shape index (κ2) is 3.10. The van der Waals surface area contributed by atoms with Crippen LogP contribution in [0.2, 0.25) is 0 Å². The Balaban J connectivity index is 2.50. The van der Waals surface area contributed by atoms with Gasteiger partial charge in [-0.05, 0) is 17.9 Å². The van der Waals surface area contributed by atoms with Crippen molar-refractivity contribution in [1.82, 2.24) is 0 Å². The van der Waals surface area contributed by atoms with Gasteiger partial charge in [0.25, 0.3) is 0 Å². The quantitative estimate of drug-likeness (QED) is 0.349. The first-order valence-corrected chi connectivity index (χ1v) is 4.54. The van der Waals surface area contributed by atoms with Crippen LogP contribution < -0.4 is 0 Å². The summed E-state index contributed by atoms with van der Waals surface area (Å²) >= 11 is 0. The number of aliphatic carboxylic acids is 2. The van der Waals surface area contributed by atoms with Gasteiger partial charge in [-0.2, -0.15) is 0 Å². The largest absolute Gasteiger partial charge is 0.481 e. The first-order valence-electron chi connectivity index (χ1n) is 5.04. The molecule has 0 aliphatic heterocycles. The Kier molecular flexibility index (Phi) is 1.83. The van der Waals surface area contributed by atoms with E-state index in [1.807, 2.05) is 0 Å². The lowest BCUT2D eigenvalue weighted by atomic mass is 9.89. The Labute approximate surface area is 90.5 Å². The van der Waals surface area contributed by atoms with E-state index in [4.69, 9.17) is 17.1 Å². The minimum atomic E-state index is -2.47.